The molecule has 3 rings (SSSR count). The van der Waals surface area contributed by atoms with E-state index in [1.807, 2.05) is 30.3 Å². The van der Waals surface area contributed by atoms with Crippen molar-refractivity contribution in [3.05, 3.63) is 53.4 Å². The molecule has 1 amide bonds. The highest BCUT2D eigenvalue weighted by Crippen LogP contribution is 2.22. The molecule has 0 bridgehead atoms. The Bertz CT molecular complexity index is 816. The van der Waals surface area contributed by atoms with Gasteiger partial charge in [-0.1, -0.05) is 12.1 Å². The second kappa shape index (κ2) is 7.75. The van der Waals surface area contributed by atoms with Gasteiger partial charge in [-0.15, -0.1) is 11.3 Å². The molecule has 0 fully saturated rings. The number of benzene rings is 1. The Morgan fingerprint density at radius 2 is 2.17 bits per heavy atom. The molecular weight excluding hydrogens is 322 g/mol. The summed E-state index contributed by atoms with van der Waals surface area (Å²) in [5.74, 6) is 0.738. The molecule has 6 heteroatoms. The zero-order valence-electron chi connectivity index (χ0n) is 13.1. The van der Waals surface area contributed by atoms with Gasteiger partial charge >= 0.3 is 0 Å². The lowest BCUT2D eigenvalue weighted by molar-refractivity contribution is -0.132. The molecule has 24 heavy (non-hydrogen) atoms. The van der Waals surface area contributed by atoms with Crippen LogP contribution in [0.3, 0.4) is 0 Å². The van der Waals surface area contributed by atoms with Gasteiger partial charge in [-0.3, -0.25) is 4.79 Å². The van der Waals surface area contributed by atoms with Crippen LogP contribution in [0.1, 0.15) is 23.6 Å². The first-order valence-corrected chi connectivity index (χ1v) is 8.59. The number of para-hydroxylation sites is 1. The van der Waals surface area contributed by atoms with Gasteiger partial charge in [-0.2, -0.15) is 5.26 Å². The van der Waals surface area contributed by atoms with Gasteiger partial charge in [-0.05, 0) is 24.3 Å². The molecule has 0 saturated heterocycles. The van der Waals surface area contributed by atoms with Gasteiger partial charge in [0, 0.05) is 19.4 Å². The number of furan rings is 1. The Morgan fingerprint density at radius 1 is 1.29 bits per heavy atom. The number of thiazole rings is 1. The smallest absolute Gasteiger partial charge is 0.223 e. The van der Waals surface area contributed by atoms with Gasteiger partial charge in [0.05, 0.1) is 40.5 Å². The van der Waals surface area contributed by atoms with Crippen LogP contribution in [0.2, 0.25) is 0 Å². The van der Waals surface area contributed by atoms with E-state index in [0.717, 1.165) is 21.0 Å². The Kier molecular flexibility index (Phi) is 5.24. The monoisotopic (exact) mass is 339 g/mol. The number of fused-ring (bicyclic) bond motifs is 1. The zero-order valence-corrected chi connectivity index (χ0v) is 14.0. The first kappa shape index (κ1) is 16.2. The number of nitrogens with zero attached hydrogens (tertiary/aromatic N) is 3. The maximum atomic E-state index is 12.5. The number of amides is 1. The number of rotatable bonds is 7. The van der Waals surface area contributed by atoms with Gasteiger partial charge < -0.3 is 9.32 Å². The van der Waals surface area contributed by atoms with Crippen LogP contribution in [-0.2, 0) is 17.8 Å². The first-order valence-electron chi connectivity index (χ1n) is 7.78. The largest absolute Gasteiger partial charge is 0.467 e. The van der Waals surface area contributed by atoms with Gasteiger partial charge in [0.25, 0.3) is 0 Å². The quantitative estimate of drug-likeness (QED) is 0.657. The highest BCUT2D eigenvalue weighted by molar-refractivity contribution is 7.18. The van der Waals surface area contributed by atoms with Crippen LogP contribution in [0.4, 0.5) is 0 Å². The summed E-state index contributed by atoms with van der Waals surface area (Å²) in [6.07, 6.45) is 2.89. The summed E-state index contributed by atoms with van der Waals surface area (Å²) in [7, 11) is 0. The number of carbonyl (C=O) groups is 1. The lowest BCUT2D eigenvalue weighted by atomic mass is 10.2. The van der Waals surface area contributed by atoms with Gasteiger partial charge in [0.15, 0.2) is 0 Å². The van der Waals surface area contributed by atoms with Crippen molar-refractivity contribution in [1.82, 2.24) is 9.88 Å². The third-order valence-corrected chi connectivity index (χ3v) is 4.76. The second-order valence-corrected chi connectivity index (χ2v) is 6.49. The molecule has 0 unspecified atom stereocenters. The number of hydrogen-bond donors (Lipinski definition) is 0. The molecule has 2 aromatic heterocycles. The van der Waals surface area contributed by atoms with Crippen molar-refractivity contribution in [2.45, 2.75) is 25.8 Å². The molecule has 0 aliphatic rings. The summed E-state index contributed by atoms with van der Waals surface area (Å²) in [5.41, 5.74) is 0.974. The van der Waals surface area contributed by atoms with Crippen molar-refractivity contribution in [2.24, 2.45) is 0 Å². The highest BCUT2D eigenvalue weighted by Gasteiger charge is 2.16. The first-order chi connectivity index (χ1) is 11.8. The minimum atomic E-state index is 0.0147. The fraction of sp³-hybridized carbons (Fsp3) is 0.278. The topological polar surface area (TPSA) is 70.1 Å². The average Bonchev–Trinajstić information content (AvgIpc) is 3.25. The minimum absolute atomic E-state index is 0.0147. The van der Waals surface area contributed by atoms with Crippen molar-refractivity contribution in [3.8, 4) is 6.07 Å². The van der Waals surface area contributed by atoms with E-state index in [1.165, 1.54) is 0 Å². The van der Waals surface area contributed by atoms with E-state index in [0.29, 0.717) is 32.4 Å². The SMILES string of the molecule is N#CCCN(Cc1ccco1)C(=O)CCc1nc2ccccc2s1. The maximum absolute atomic E-state index is 12.5. The average molecular weight is 339 g/mol. The van der Waals surface area contributed by atoms with E-state index < -0.39 is 0 Å². The molecule has 3 aromatic rings. The van der Waals surface area contributed by atoms with Crippen molar-refractivity contribution >= 4 is 27.5 Å². The molecule has 0 spiro atoms. The van der Waals surface area contributed by atoms with E-state index in [2.05, 4.69) is 11.1 Å². The summed E-state index contributed by atoms with van der Waals surface area (Å²) >= 11 is 1.62. The van der Waals surface area contributed by atoms with Crippen LogP contribution < -0.4 is 0 Å². The summed E-state index contributed by atoms with van der Waals surface area (Å²) in [6.45, 7) is 0.809. The Balaban J connectivity index is 1.62. The summed E-state index contributed by atoms with van der Waals surface area (Å²) in [5, 5.41) is 9.75. The van der Waals surface area contributed by atoms with E-state index in [9.17, 15) is 4.79 Å². The molecule has 1 aromatic carbocycles. The molecule has 0 atom stereocenters. The normalized spacial score (nSPS) is 10.6. The lowest BCUT2D eigenvalue weighted by Gasteiger charge is -2.20. The predicted molar refractivity (Wildman–Crippen MR) is 92.3 cm³/mol. The van der Waals surface area contributed by atoms with Crippen molar-refractivity contribution < 1.29 is 9.21 Å². The molecule has 0 aliphatic carbocycles. The van der Waals surface area contributed by atoms with Crippen molar-refractivity contribution in [1.29, 1.82) is 5.26 Å². The number of carbonyl (C=O) groups excluding carboxylic acids is 1. The minimum Gasteiger partial charge on any atom is -0.467 e. The van der Waals surface area contributed by atoms with Gasteiger partial charge in [0.1, 0.15) is 5.76 Å². The fourth-order valence-corrected chi connectivity index (χ4v) is 3.43. The standard InChI is InChI=1S/C18H17N3O2S/c19-10-4-11-21(13-14-5-3-12-23-14)18(22)9-8-17-20-15-6-1-2-7-16(15)24-17/h1-3,5-7,12H,4,8-9,11,13H2. The van der Waals surface area contributed by atoms with Gasteiger partial charge in [-0.25, -0.2) is 4.98 Å². The molecule has 5 nitrogen and oxygen atoms in total. The summed E-state index contributed by atoms with van der Waals surface area (Å²) < 4.78 is 6.45. The number of aromatic nitrogens is 1. The van der Waals surface area contributed by atoms with Gasteiger partial charge in [0.2, 0.25) is 5.91 Å². The van der Waals surface area contributed by atoms with Crippen LogP contribution in [0.25, 0.3) is 10.2 Å². The summed E-state index contributed by atoms with van der Waals surface area (Å²) in [6, 6.07) is 13.7. The van der Waals surface area contributed by atoms with E-state index in [4.69, 9.17) is 9.68 Å². The zero-order chi connectivity index (χ0) is 16.8. The highest BCUT2D eigenvalue weighted by atomic mass is 32.1. The molecule has 0 radical (unpaired) electrons. The second-order valence-electron chi connectivity index (χ2n) is 5.38. The van der Waals surface area contributed by atoms with E-state index >= 15 is 0 Å². The number of nitriles is 1. The van der Waals surface area contributed by atoms with Crippen molar-refractivity contribution in [2.75, 3.05) is 6.54 Å². The number of hydrogen-bond acceptors (Lipinski definition) is 5. The third kappa shape index (κ3) is 4.00. The summed E-state index contributed by atoms with van der Waals surface area (Å²) in [4.78, 5) is 18.8. The van der Waals surface area contributed by atoms with E-state index in [1.54, 1.807) is 28.6 Å². The predicted octanol–water partition coefficient (Wildman–Crippen LogP) is 3.76. The molecule has 0 saturated carbocycles. The molecule has 2 heterocycles. The Hall–Kier alpha value is -2.65. The van der Waals surface area contributed by atoms with Crippen LogP contribution in [0.5, 0.6) is 0 Å². The van der Waals surface area contributed by atoms with Crippen LogP contribution in [-0.4, -0.2) is 22.3 Å². The maximum Gasteiger partial charge on any atom is 0.223 e. The van der Waals surface area contributed by atoms with E-state index in [-0.39, 0.29) is 5.91 Å². The Labute approximate surface area is 144 Å². The molecule has 0 N–H and O–H groups in total. The van der Waals surface area contributed by atoms with Crippen LogP contribution in [0, 0.1) is 11.3 Å². The molecular formula is C18H17N3O2S. The van der Waals surface area contributed by atoms with Crippen LogP contribution in [0.15, 0.2) is 47.1 Å². The third-order valence-electron chi connectivity index (χ3n) is 3.66. The lowest BCUT2D eigenvalue weighted by Crippen LogP contribution is -2.31. The number of aryl methyl sites for hydroxylation is 1. The fourth-order valence-electron chi connectivity index (χ4n) is 2.47. The Morgan fingerprint density at radius 3 is 2.92 bits per heavy atom. The van der Waals surface area contributed by atoms with Crippen LogP contribution >= 0.6 is 11.3 Å². The van der Waals surface area contributed by atoms with Crippen molar-refractivity contribution in [3.63, 3.8) is 0 Å². The molecule has 122 valence electrons. The molecule has 0 aliphatic heterocycles.